The van der Waals surface area contributed by atoms with Crippen LogP contribution in [0.1, 0.15) is 30.5 Å². The molecule has 3 aromatic rings. The fraction of sp³-hybridized carbons (Fsp3) is 0.462. The standard InChI is InChI=1S/C26H28ClFN4O2/c1-33-24-19-9-12-31(22-8-3-6-17-5-2-7-20(27)23(17)22)15-21(19)29-25(30-24)34-16-26-10-4-11-32(26)14-18(28)13-26/h2-3,5-8,18H,4,9-16H2,1H3/t18-,26?/m1/s1. The van der Waals surface area contributed by atoms with E-state index in [0.29, 0.717) is 38.0 Å². The topological polar surface area (TPSA) is 50.7 Å². The van der Waals surface area contributed by atoms with Crippen LogP contribution in [0.4, 0.5) is 10.1 Å². The predicted molar refractivity (Wildman–Crippen MR) is 131 cm³/mol. The van der Waals surface area contributed by atoms with Crippen molar-refractivity contribution in [1.82, 2.24) is 14.9 Å². The Morgan fingerprint density at radius 3 is 2.88 bits per heavy atom. The molecule has 8 heteroatoms. The van der Waals surface area contributed by atoms with E-state index >= 15 is 0 Å². The number of anilines is 1. The highest BCUT2D eigenvalue weighted by Gasteiger charge is 2.49. The minimum atomic E-state index is -0.788. The fourth-order valence-electron chi connectivity index (χ4n) is 6.00. The molecule has 2 saturated heterocycles. The quantitative estimate of drug-likeness (QED) is 0.520. The van der Waals surface area contributed by atoms with Crippen molar-refractivity contribution >= 4 is 28.1 Å². The highest BCUT2D eigenvalue weighted by molar-refractivity contribution is 6.36. The van der Waals surface area contributed by atoms with Crippen molar-refractivity contribution in [3.8, 4) is 11.9 Å². The molecule has 4 heterocycles. The largest absolute Gasteiger partial charge is 0.481 e. The van der Waals surface area contributed by atoms with Gasteiger partial charge >= 0.3 is 6.01 Å². The van der Waals surface area contributed by atoms with Gasteiger partial charge in [0.25, 0.3) is 0 Å². The van der Waals surface area contributed by atoms with Gasteiger partial charge in [-0.05, 0) is 43.3 Å². The van der Waals surface area contributed by atoms with Gasteiger partial charge in [0.15, 0.2) is 0 Å². The van der Waals surface area contributed by atoms with Crippen molar-refractivity contribution in [3.63, 3.8) is 0 Å². The van der Waals surface area contributed by atoms with Gasteiger partial charge in [0.1, 0.15) is 12.8 Å². The molecular formula is C26H28ClFN4O2. The summed E-state index contributed by atoms with van der Waals surface area (Å²) in [4.78, 5) is 13.9. The molecular weight excluding hydrogens is 455 g/mol. The third-order valence-corrected chi connectivity index (χ3v) is 7.92. The van der Waals surface area contributed by atoms with E-state index in [1.807, 2.05) is 12.1 Å². The molecule has 3 aliphatic heterocycles. The van der Waals surface area contributed by atoms with Crippen LogP contribution in [0.5, 0.6) is 11.9 Å². The number of ether oxygens (including phenoxy) is 2. The highest BCUT2D eigenvalue weighted by Crippen LogP contribution is 2.41. The lowest BCUT2D eigenvalue weighted by Crippen LogP contribution is -2.43. The monoisotopic (exact) mass is 482 g/mol. The molecule has 6 rings (SSSR count). The number of halogens is 2. The minimum Gasteiger partial charge on any atom is -0.481 e. The Kier molecular flexibility index (Phi) is 5.49. The van der Waals surface area contributed by atoms with E-state index in [2.05, 4.69) is 39.0 Å². The third kappa shape index (κ3) is 3.66. The number of methoxy groups -OCH3 is 1. The Morgan fingerprint density at radius 2 is 2.03 bits per heavy atom. The van der Waals surface area contributed by atoms with Crippen molar-refractivity contribution in [2.45, 2.75) is 43.9 Å². The predicted octanol–water partition coefficient (Wildman–Crippen LogP) is 4.81. The average molecular weight is 483 g/mol. The van der Waals surface area contributed by atoms with Crippen molar-refractivity contribution in [3.05, 3.63) is 52.7 Å². The van der Waals surface area contributed by atoms with Crippen LogP contribution in [0, 0.1) is 0 Å². The zero-order valence-corrected chi connectivity index (χ0v) is 20.0. The van der Waals surface area contributed by atoms with Crippen molar-refractivity contribution in [2.24, 2.45) is 0 Å². The maximum Gasteiger partial charge on any atom is 0.320 e. The molecule has 2 fully saturated rings. The van der Waals surface area contributed by atoms with E-state index in [1.165, 1.54) is 0 Å². The molecule has 0 saturated carbocycles. The van der Waals surface area contributed by atoms with Gasteiger partial charge in [-0.1, -0.05) is 35.9 Å². The second kappa shape index (κ2) is 8.54. The molecule has 2 aromatic carbocycles. The third-order valence-electron chi connectivity index (χ3n) is 7.60. The van der Waals surface area contributed by atoms with Gasteiger partial charge in [-0.3, -0.25) is 4.90 Å². The lowest BCUT2D eigenvalue weighted by molar-refractivity contribution is 0.106. The molecule has 2 atom stereocenters. The summed E-state index contributed by atoms with van der Waals surface area (Å²) < 4.78 is 25.9. The molecule has 6 nitrogen and oxygen atoms in total. The van der Waals surface area contributed by atoms with Crippen LogP contribution in [0.15, 0.2) is 36.4 Å². The Labute approximate surface area is 203 Å². The molecule has 0 spiro atoms. The second-order valence-corrected chi connectivity index (χ2v) is 10.00. The molecule has 34 heavy (non-hydrogen) atoms. The minimum absolute atomic E-state index is 0.238. The summed E-state index contributed by atoms with van der Waals surface area (Å²) in [6, 6.07) is 12.5. The summed E-state index contributed by atoms with van der Waals surface area (Å²) in [5, 5.41) is 2.91. The van der Waals surface area contributed by atoms with E-state index in [-0.39, 0.29) is 5.54 Å². The first-order valence-corrected chi connectivity index (χ1v) is 12.3. The van der Waals surface area contributed by atoms with Crippen LogP contribution in [0.3, 0.4) is 0 Å². The maximum absolute atomic E-state index is 14.1. The number of rotatable bonds is 5. The summed E-state index contributed by atoms with van der Waals surface area (Å²) in [5.74, 6) is 0.561. The van der Waals surface area contributed by atoms with Gasteiger partial charge in [0, 0.05) is 36.1 Å². The molecule has 1 unspecified atom stereocenters. The van der Waals surface area contributed by atoms with Crippen LogP contribution in [0.2, 0.25) is 5.02 Å². The molecule has 0 aliphatic carbocycles. The Hall–Kier alpha value is -2.64. The van der Waals surface area contributed by atoms with Gasteiger partial charge in [0.05, 0.1) is 29.9 Å². The first-order chi connectivity index (χ1) is 16.6. The smallest absolute Gasteiger partial charge is 0.320 e. The number of benzene rings is 2. The first-order valence-electron chi connectivity index (χ1n) is 11.9. The van der Waals surface area contributed by atoms with Gasteiger partial charge in [-0.25, -0.2) is 4.39 Å². The lowest BCUT2D eigenvalue weighted by atomic mass is 9.95. The summed E-state index contributed by atoms with van der Waals surface area (Å²) in [6.45, 7) is 3.25. The van der Waals surface area contributed by atoms with E-state index in [1.54, 1.807) is 7.11 Å². The van der Waals surface area contributed by atoms with Crippen LogP contribution in [-0.2, 0) is 13.0 Å². The number of hydrogen-bond acceptors (Lipinski definition) is 6. The van der Waals surface area contributed by atoms with Gasteiger partial charge in [0.2, 0.25) is 5.88 Å². The van der Waals surface area contributed by atoms with Crippen molar-refractivity contribution < 1.29 is 13.9 Å². The first kappa shape index (κ1) is 21.9. The van der Waals surface area contributed by atoms with E-state index < -0.39 is 6.17 Å². The summed E-state index contributed by atoms with van der Waals surface area (Å²) in [7, 11) is 1.63. The van der Waals surface area contributed by atoms with Crippen LogP contribution >= 0.6 is 11.6 Å². The second-order valence-electron chi connectivity index (χ2n) is 9.59. The molecule has 1 aromatic heterocycles. The summed E-state index contributed by atoms with van der Waals surface area (Å²) in [6.07, 6.45) is 2.52. The van der Waals surface area contributed by atoms with E-state index in [4.69, 9.17) is 26.1 Å². The number of fused-ring (bicyclic) bond motifs is 3. The Morgan fingerprint density at radius 1 is 1.18 bits per heavy atom. The van der Waals surface area contributed by atoms with Crippen LogP contribution in [0.25, 0.3) is 10.8 Å². The SMILES string of the molecule is COc1nc(OCC23CCCN2C[C@H](F)C3)nc2c1CCN(c1cccc3cccc(Cl)c13)C2. The molecule has 0 radical (unpaired) electrons. The summed E-state index contributed by atoms with van der Waals surface area (Å²) in [5.41, 5.74) is 2.77. The maximum atomic E-state index is 14.1. The van der Waals surface area contributed by atoms with Crippen molar-refractivity contribution in [2.75, 3.05) is 38.3 Å². The van der Waals surface area contributed by atoms with E-state index in [9.17, 15) is 4.39 Å². The molecule has 3 aliphatic rings. The van der Waals surface area contributed by atoms with Crippen LogP contribution < -0.4 is 14.4 Å². The lowest BCUT2D eigenvalue weighted by Gasteiger charge is -2.32. The highest BCUT2D eigenvalue weighted by atomic mass is 35.5. The zero-order chi connectivity index (χ0) is 23.3. The fourth-order valence-corrected chi connectivity index (χ4v) is 6.28. The zero-order valence-electron chi connectivity index (χ0n) is 19.3. The van der Waals surface area contributed by atoms with Crippen LogP contribution in [-0.4, -0.2) is 59.9 Å². The molecule has 0 bridgehead atoms. The normalized spacial score (nSPS) is 24.3. The average Bonchev–Trinajstić information content (AvgIpc) is 3.37. The Bertz CT molecular complexity index is 1240. The van der Waals surface area contributed by atoms with Gasteiger partial charge in [-0.2, -0.15) is 9.97 Å². The summed E-state index contributed by atoms with van der Waals surface area (Å²) >= 11 is 6.59. The molecule has 0 amide bonds. The number of nitrogens with zero attached hydrogens (tertiary/aromatic N) is 4. The van der Waals surface area contributed by atoms with Gasteiger partial charge < -0.3 is 14.4 Å². The van der Waals surface area contributed by atoms with E-state index in [0.717, 1.165) is 65.1 Å². The number of hydrogen-bond donors (Lipinski definition) is 0. The molecule has 178 valence electrons. The van der Waals surface area contributed by atoms with Crippen molar-refractivity contribution in [1.29, 1.82) is 0 Å². The van der Waals surface area contributed by atoms with Gasteiger partial charge in [-0.15, -0.1) is 0 Å². The Balaban J connectivity index is 1.29. The molecule has 0 N–H and O–H groups in total. The number of alkyl halides is 1. The number of aromatic nitrogens is 2.